The van der Waals surface area contributed by atoms with Crippen molar-refractivity contribution in [1.82, 2.24) is 5.43 Å². The Hall–Kier alpha value is -1.05. The highest BCUT2D eigenvalue weighted by Gasteiger charge is 2.19. The van der Waals surface area contributed by atoms with E-state index in [1.165, 1.54) is 37.7 Å². The summed E-state index contributed by atoms with van der Waals surface area (Å²) in [6, 6.07) is 0. The summed E-state index contributed by atoms with van der Waals surface area (Å²) in [6.07, 6.45) is 12.5. The molecule has 2 heteroatoms. The maximum Gasteiger partial charge on any atom is 0.0318 e. The van der Waals surface area contributed by atoms with Crippen molar-refractivity contribution in [2.75, 3.05) is 0 Å². The fraction of sp³-hybridized carbons (Fsp3) is 0.583. The lowest BCUT2D eigenvalue weighted by Gasteiger charge is -2.25. The van der Waals surface area contributed by atoms with Crippen LogP contribution in [0, 0.1) is 11.8 Å². The number of hydrogen-bond donors (Lipinski definition) is 1. The van der Waals surface area contributed by atoms with E-state index < -0.39 is 0 Å². The molecule has 0 saturated heterocycles. The summed E-state index contributed by atoms with van der Waals surface area (Å²) in [5.41, 5.74) is 4.47. The third-order valence-corrected chi connectivity index (χ3v) is 3.28. The zero-order chi connectivity index (χ0) is 9.80. The van der Waals surface area contributed by atoms with Gasteiger partial charge < -0.3 is 0 Å². The number of nitrogens with zero attached hydrogens (tertiary/aromatic N) is 1. The molecule has 0 aromatic rings. The zero-order valence-corrected chi connectivity index (χ0v) is 8.58. The Labute approximate surface area is 85.8 Å². The highest BCUT2D eigenvalue weighted by Crippen LogP contribution is 2.30. The van der Waals surface area contributed by atoms with Crippen molar-refractivity contribution in [2.24, 2.45) is 16.9 Å². The third-order valence-electron chi connectivity index (χ3n) is 3.28. The van der Waals surface area contributed by atoms with Gasteiger partial charge in [0.05, 0.1) is 0 Å². The minimum Gasteiger partial charge on any atom is -0.286 e. The van der Waals surface area contributed by atoms with Crippen LogP contribution in [-0.4, -0.2) is 6.21 Å². The molecule has 0 spiro atoms. The van der Waals surface area contributed by atoms with Crippen LogP contribution in [0.2, 0.25) is 0 Å². The Kier molecular flexibility index (Phi) is 3.02. The second-order valence-corrected chi connectivity index (χ2v) is 4.20. The first-order valence-electron chi connectivity index (χ1n) is 5.50. The number of rotatable bonds is 1. The maximum absolute atomic E-state index is 4.10. The van der Waals surface area contributed by atoms with Gasteiger partial charge in [-0.2, -0.15) is 5.10 Å². The molecular formula is C12H18N2. The topological polar surface area (TPSA) is 24.4 Å². The Balaban J connectivity index is 2.01. The molecule has 2 nitrogen and oxygen atoms in total. The number of fused-ring (bicyclic) bond motifs is 1. The van der Waals surface area contributed by atoms with Crippen LogP contribution in [0.4, 0.5) is 0 Å². The van der Waals surface area contributed by atoms with Gasteiger partial charge in [0, 0.05) is 18.3 Å². The highest BCUT2D eigenvalue weighted by atomic mass is 15.3. The molecule has 14 heavy (non-hydrogen) atoms. The van der Waals surface area contributed by atoms with E-state index in [2.05, 4.69) is 35.6 Å². The summed E-state index contributed by atoms with van der Waals surface area (Å²) in [6.45, 7) is 3.90. The normalized spacial score (nSPS) is 31.9. The second kappa shape index (κ2) is 4.45. The summed E-state index contributed by atoms with van der Waals surface area (Å²) in [5, 5.41) is 4.10. The van der Waals surface area contributed by atoms with Crippen LogP contribution in [0.3, 0.4) is 0 Å². The lowest BCUT2D eigenvalue weighted by molar-refractivity contribution is 0.454. The largest absolute Gasteiger partial charge is 0.286 e. The van der Waals surface area contributed by atoms with Crippen LogP contribution < -0.4 is 5.43 Å². The zero-order valence-electron chi connectivity index (χ0n) is 8.58. The average molecular weight is 190 g/mol. The van der Waals surface area contributed by atoms with E-state index in [-0.39, 0.29) is 0 Å². The molecule has 0 aromatic heterocycles. The van der Waals surface area contributed by atoms with Crippen LogP contribution in [0.1, 0.15) is 32.1 Å². The van der Waals surface area contributed by atoms with E-state index in [1.807, 2.05) is 0 Å². The van der Waals surface area contributed by atoms with Gasteiger partial charge in [-0.3, -0.25) is 5.43 Å². The molecular weight excluding hydrogens is 172 g/mol. The lowest BCUT2D eigenvalue weighted by atomic mass is 9.83. The van der Waals surface area contributed by atoms with Crippen LogP contribution in [0.5, 0.6) is 0 Å². The van der Waals surface area contributed by atoms with E-state index in [0.717, 1.165) is 5.92 Å². The number of allylic oxidation sites excluding steroid dienone is 2. The van der Waals surface area contributed by atoms with Crippen molar-refractivity contribution in [3.63, 3.8) is 0 Å². The summed E-state index contributed by atoms with van der Waals surface area (Å²) in [7, 11) is 0. The quantitative estimate of drug-likeness (QED) is 0.632. The Morgan fingerprint density at radius 2 is 2.36 bits per heavy atom. The van der Waals surface area contributed by atoms with Gasteiger partial charge in [0.25, 0.3) is 0 Å². The first-order valence-corrected chi connectivity index (χ1v) is 5.50. The van der Waals surface area contributed by atoms with Gasteiger partial charge >= 0.3 is 0 Å². The molecule has 1 heterocycles. The summed E-state index contributed by atoms with van der Waals surface area (Å²) in [5.74, 6) is 1.32. The van der Waals surface area contributed by atoms with Crippen molar-refractivity contribution in [3.05, 3.63) is 24.4 Å². The first-order chi connectivity index (χ1) is 6.90. The molecule has 0 amide bonds. The molecule has 0 aromatic carbocycles. The second-order valence-electron chi connectivity index (χ2n) is 4.20. The van der Waals surface area contributed by atoms with E-state index in [0.29, 0.717) is 5.92 Å². The Morgan fingerprint density at radius 3 is 3.21 bits per heavy atom. The number of hydrogen-bond acceptors (Lipinski definition) is 2. The molecule has 1 fully saturated rings. The van der Waals surface area contributed by atoms with E-state index in [1.54, 1.807) is 0 Å². The molecule has 1 aliphatic heterocycles. The van der Waals surface area contributed by atoms with Crippen LogP contribution >= 0.6 is 0 Å². The molecule has 1 saturated carbocycles. The standard InChI is InChI=1S/C12H18N2/c1-2-10-4-3-5-11-8-13-14-9-12(11)7-6-10/h2,8-11,14H,1,3-7H2. The van der Waals surface area contributed by atoms with Gasteiger partial charge in [-0.25, -0.2) is 0 Å². The van der Waals surface area contributed by atoms with Crippen molar-refractivity contribution in [2.45, 2.75) is 32.1 Å². The van der Waals surface area contributed by atoms with Gasteiger partial charge in [0.1, 0.15) is 0 Å². The van der Waals surface area contributed by atoms with E-state index in [4.69, 9.17) is 0 Å². The van der Waals surface area contributed by atoms with Gasteiger partial charge in [-0.1, -0.05) is 12.5 Å². The monoisotopic (exact) mass is 190 g/mol. The fourth-order valence-corrected chi connectivity index (χ4v) is 2.31. The van der Waals surface area contributed by atoms with Crippen molar-refractivity contribution in [1.29, 1.82) is 0 Å². The fourth-order valence-electron chi connectivity index (χ4n) is 2.31. The van der Waals surface area contributed by atoms with Crippen molar-refractivity contribution in [3.8, 4) is 0 Å². The van der Waals surface area contributed by atoms with Crippen molar-refractivity contribution < 1.29 is 0 Å². The summed E-state index contributed by atoms with van der Waals surface area (Å²) in [4.78, 5) is 0. The predicted molar refractivity (Wildman–Crippen MR) is 60.0 cm³/mol. The van der Waals surface area contributed by atoms with Crippen LogP contribution in [-0.2, 0) is 0 Å². The van der Waals surface area contributed by atoms with Gasteiger partial charge in [0.15, 0.2) is 0 Å². The van der Waals surface area contributed by atoms with Crippen molar-refractivity contribution >= 4 is 6.21 Å². The molecule has 0 radical (unpaired) electrons. The number of hydrazone groups is 1. The molecule has 76 valence electrons. The Morgan fingerprint density at radius 1 is 1.43 bits per heavy atom. The Bertz CT molecular complexity index is 265. The molecule has 0 bridgehead atoms. The van der Waals surface area contributed by atoms with Gasteiger partial charge in [-0.05, 0) is 37.2 Å². The SMILES string of the molecule is C=CC1CCCC2C=NNC=C2CC1. The van der Waals surface area contributed by atoms with Gasteiger partial charge in [-0.15, -0.1) is 6.58 Å². The minimum atomic E-state index is 0.599. The minimum absolute atomic E-state index is 0.599. The smallest absolute Gasteiger partial charge is 0.0318 e. The average Bonchev–Trinajstić information content (AvgIpc) is 2.19. The molecule has 2 rings (SSSR count). The maximum atomic E-state index is 4.10. The molecule has 2 aliphatic rings. The van der Waals surface area contributed by atoms with Crippen LogP contribution in [0.15, 0.2) is 29.5 Å². The molecule has 1 N–H and O–H groups in total. The van der Waals surface area contributed by atoms with Gasteiger partial charge in [0.2, 0.25) is 0 Å². The van der Waals surface area contributed by atoms with Crippen LogP contribution in [0.25, 0.3) is 0 Å². The number of nitrogens with one attached hydrogen (secondary N) is 1. The lowest BCUT2D eigenvalue weighted by Crippen LogP contribution is -2.18. The third kappa shape index (κ3) is 2.06. The first kappa shape index (κ1) is 9.50. The summed E-state index contributed by atoms with van der Waals surface area (Å²) >= 11 is 0. The molecule has 1 aliphatic carbocycles. The molecule has 2 atom stereocenters. The van der Waals surface area contributed by atoms with E-state index in [9.17, 15) is 0 Å². The predicted octanol–water partition coefficient (Wildman–Crippen LogP) is 2.84. The highest BCUT2D eigenvalue weighted by molar-refractivity contribution is 5.66. The van der Waals surface area contributed by atoms with E-state index >= 15 is 0 Å². The summed E-state index contributed by atoms with van der Waals surface area (Å²) < 4.78 is 0. The molecule has 2 unspecified atom stereocenters.